The maximum Gasteiger partial charge on any atom is 0.202 e. The van der Waals surface area contributed by atoms with Gasteiger partial charge in [0.25, 0.3) is 0 Å². The fraction of sp³-hybridized carbons (Fsp3) is 0.800. The number of hydrogen-bond donors (Lipinski definition) is 0. The second-order valence-electron chi connectivity index (χ2n) is 1.60. The van der Waals surface area contributed by atoms with Crippen molar-refractivity contribution in [2.45, 2.75) is 19.2 Å². The van der Waals surface area contributed by atoms with Gasteiger partial charge < -0.3 is 4.74 Å². The number of hydrogen-bond acceptors (Lipinski definition) is 1. The Balaban J connectivity index is 2.12. The van der Waals surface area contributed by atoms with Gasteiger partial charge in [0, 0.05) is 6.42 Å². The van der Waals surface area contributed by atoms with Gasteiger partial charge >= 0.3 is 0 Å². The fourth-order valence-electron chi connectivity index (χ4n) is 0.596. The molecule has 1 aliphatic rings. The average molecular weight is 103 g/mol. The van der Waals surface area contributed by atoms with Crippen molar-refractivity contribution in [2.24, 2.45) is 0 Å². The first kappa shape index (κ1) is 5.04. The SMILES string of the molecule is FC1[CH]CCCO1. The lowest BCUT2D eigenvalue weighted by Gasteiger charge is -2.13. The molecule has 0 amide bonds. The normalized spacial score (nSPS) is 33.0. The van der Waals surface area contributed by atoms with Crippen molar-refractivity contribution in [2.75, 3.05) is 6.61 Å². The summed E-state index contributed by atoms with van der Waals surface area (Å²) in [5.41, 5.74) is 0. The van der Waals surface area contributed by atoms with Crippen LogP contribution in [-0.2, 0) is 4.74 Å². The first-order valence-electron chi connectivity index (χ1n) is 2.48. The molecule has 0 spiro atoms. The Labute approximate surface area is 42.5 Å². The van der Waals surface area contributed by atoms with Crippen LogP contribution >= 0.6 is 0 Å². The summed E-state index contributed by atoms with van der Waals surface area (Å²) in [6.45, 7) is 0.581. The van der Waals surface area contributed by atoms with E-state index in [1.807, 2.05) is 0 Å². The molecule has 0 aromatic rings. The van der Waals surface area contributed by atoms with Crippen molar-refractivity contribution in [3.8, 4) is 0 Å². The monoisotopic (exact) mass is 103 g/mol. The molecule has 1 atom stereocenters. The van der Waals surface area contributed by atoms with Crippen LogP contribution in [0.4, 0.5) is 4.39 Å². The minimum absolute atomic E-state index is 0.581. The second-order valence-corrected chi connectivity index (χ2v) is 1.60. The fourth-order valence-corrected chi connectivity index (χ4v) is 0.596. The highest BCUT2D eigenvalue weighted by Crippen LogP contribution is 2.11. The first-order valence-corrected chi connectivity index (χ1v) is 2.48. The maximum absolute atomic E-state index is 11.9. The zero-order valence-corrected chi connectivity index (χ0v) is 4.06. The van der Waals surface area contributed by atoms with Crippen LogP contribution in [0.3, 0.4) is 0 Å². The van der Waals surface area contributed by atoms with Crippen molar-refractivity contribution < 1.29 is 9.13 Å². The van der Waals surface area contributed by atoms with Crippen LogP contribution in [0.5, 0.6) is 0 Å². The van der Waals surface area contributed by atoms with E-state index in [0.29, 0.717) is 6.61 Å². The Kier molecular flexibility index (Phi) is 1.63. The summed E-state index contributed by atoms with van der Waals surface area (Å²) in [5.74, 6) is 0. The quantitative estimate of drug-likeness (QED) is 0.449. The van der Waals surface area contributed by atoms with Crippen molar-refractivity contribution >= 4 is 0 Å². The standard InChI is InChI=1S/C5H8FO/c6-5-3-1-2-4-7-5/h3,5H,1-2,4H2. The first-order chi connectivity index (χ1) is 3.39. The average Bonchev–Trinajstić information content (AvgIpc) is 1.69. The van der Waals surface area contributed by atoms with Crippen molar-refractivity contribution in [1.82, 2.24) is 0 Å². The van der Waals surface area contributed by atoms with E-state index in [9.17, 15) is 4.39 Å². The predicted octanol–water partition coefficient (Wildman–Crippen LogP) is 1.30. The minimum Gasteiger partial charge on any atom is -0.348 e. The lowest BCUT2D eigenvalue weighted by Crippen LogP contribution is -2.13. The highest BCUT2D eigenvalue weighted by Gasteiger charge is 2.10. The van der Waals surface area contributed by atoms with Crippen LogP contribution in [0.15, 0.2) is 0 Å². The summed E-state index contributed by atoms with van der Waals surface area (Å²) in [6, 6.07) is 0. The molecule has 1 nitrogen and oxygen atoms in total. The van der Waals surface area contributed by atoms with Crippen molar-refractivity contribution in [3.63, 3.8) is 0 Å². The molecular weight excluding hydrogens is 95.1 g/mol. The summed E-state index contributed by atoms with van der Waals surface area (Å²) in [6.07, 6.45) is 2.29. The molecule has 0 saturated carbocycles. The predicted molar refractivity (Wildman–Crippen MR) is 24.4 cm³/mol. The molecule has 0 aromatic heterocycles. The second kappa shape index (κ2) is 2.26. The van der Waals surface area contributed by atoms with Crippen LogP contribution in [0.25, 0.3) is 0 Å². The van der Waals surface area contributed by atoms with Gasteiger partial charge in [0.2, 0.25) is 6.36 Å². The number of rotatable bonds is 0. The zero-order chi connectivity index (χ0) is 5.11. The summed E-state index contributed by atoms with van der Waals surface area (Å²) in [4.78, 5) is 0. The number of alkyl halides is 1. The molecule has 0 N–H and O–H groups in total. The van der Waals surface area contributed by atoms with E-state index < -0.39 is 6.36 Å². The van der Waals surface area contributed by atoms with E-state index in [1.54, 1.807) is 6.42 Å². The Hall–Kier alpha value is -0.110. The molecule has 1 unspecified atom stereocenters. The summed E-state index contributed by atoms with van der Waals surface area (Å²) >= 11 is 0. The molecule has 1 heterocycles. The Morgan fingerprint density at radius 1 is 1.71 bits per heavy atom. The molecule has 2 heteroatoms. The lowest BCUT2D eigenvalue weighted by molar-refractivity contribution is -0.0351. The van der Waals surface area contributed by atoms with Crippen LogP contribution in [-0.4, -0.2) is 13.0 Å². The third-order valence-corrected chi connectivity index (χ3v) is 0.978. The van der Waals surface area contributed by atoms with Crippen molar-refractivity contribution in [1.29, 1.82) is 0 Å². The van der Waals surface area contributed by atoms with Gasteiger partial charge in [-0.25, -0.2) is 4.39 Å². The Morgan fingerprint density at radius 2 is 2.57 bits per heavy atom. The van der Waals surface area contributed by atoms with Crippen molar-refractivity contribution in [3.05, 3.63) is 6.42 Å². The zero-order valence-electron chi connectivity index (χ0n) is 4.06. The molecular formula is C5H8FO. The summed E-state index contributed by atoms with van der Waals surface area (Å²) in [5, 5.41) is 0. The molecule has 1 radical (unpaired) electrons. The van der Waals surface area contributed by atoms with Gasteiger partial charge in [0.15, 0.2) is 0 Å². The number of halogens is 1. The smallest absolute Gasteiger partial charge is 0.202 e. The molecule has 1 aliphatic heterocycles. The maximum atomic E-state index is 11.9. The molecule has 0 aliphatic carbocycles. The van der Waals surface area contributed by atoms with Crippen LogP contribution in [0, 0.1) is 6.42 Å². The molecule has 0 aromatic carbocycles. The van der Waals surface area contributed by atoms with E-state index in [1.165, 1.54) is 0 Å². The van der Waals surface area contributed by atoms with E-state index in [2.05, 4.69) is 4.74 Å². The van der Waals surface area contributed by atoms with Crippen LogP contribution in [0.2, 0.25) is 0 Å². The van der Waals surface area contributed by atoms with Gasteiger partial charge in [0.1, 0.15) is 0 Å². The Bertz CT molecular complexity index is 50.0. The largest absolute Gasteiger partial charge is 0.348 e. The topological polar surface area (TPSA) is 9.23 Å². The van der Waals surface area contributed by atoms with Gasteiger partial charge in [-0.05, 0) is 12.8 Å². The molecule has 41 valence electrons. The van der Waals surface area contributed by atoms with E-state index in [4.69, 9.17) is 0 Å². The minimum atomic E-state index is -1.09. The molecule has 1 fully saturated rings. The van der Waals surface area contributed by atoms with Gasteiger partial charge in [-0.15, -0.1) is 0 Å². The highest BCUT2D eigenvalue weighted by atomic mass is 19.1. The van der Waals surface area contributed by atoms with Gasteiger partial charge in [0.05, 0.1) is 6.61 Å². The molecule has 7 heavy (non-hydrogen) atoms. The molecule has 1 rings (SSSR count). The van der Waals surface area contributed by atoms with Crippen LogP contribution in [0.1, 0.15) is 12.8 Å². The third-order valence-electron chi connectivity index (χ3n) is 0.978. The van der Waals surface area contributed by atoms with E-state index in [0.717, 1.165) is 12.8 Å². The molecule has 0 bridgehead atoms. The van der Waals surface area contributed by atoms with Crippen LogP contribution < -0.4 is 0 Å². The third kappa shape index (κ3) is 1.43. The van der Waals surface area contributed by atoms with Gasteiger partial charge in [-0.1, -0.05) is 0 Å². The summed E-state index contributed by atoms with van der Waals surface area (Å²) < 4.78 is 16.5. The van der Waals surface area contributed by atoms with Gasteiger partial charge in [-0.3, -0.25) is 0 Å². The lowest BCUT2D eigenvalue weighted by atomic mass is 10.2. The Morgan fingerprint density at radius 3 is 2.86 bits per heavy atom. The van der Waals surface area contributed by atoms with Gasteiger partial charge in [-0.2, -0.15) is 0 Å². The van der Waals surface area contributed by atoms with E-state index >= 15 is 0 Å². The number of ether oxygens (including phenoxy) is 1. The molecule has 1 saturated heterocycles. The summed E-state index contributed by atoms with van der Waals surface area (Å²) in [7, 11) is 0. The van der Waals surface area contributed by atoms with E-state index in [-0.39, 0.29) is 0 Å². The highest BCUT2D eigenvalue weighted by molar-refractivity contribution is 4.71.